The van der Waals surface area contributed by atoms with Gasteiger partial charge in [-0.15, -0.1) is 0 Å². The molecule has 5 rings (SSSR count). The van der Waals surface area contributed by atoms with E-state index < -0.39 is 0 Å². The number of hydrogen-bond donors (Lipinski definition) is 2. The predicted molar refractivity (Wildman–Crippen MR) is 129 cm³/mol. The first-order chi connectivity index (χ1) is 15.1. The number of aromatic nitrogens is 5. The van der Waals surface area contributed by atoms with Crippen LogP contribution in [-0.4, -0.2) is 51.0 Å². The van der Waals surface area contributed by atoms with Gasteiger partial charge in [0.1, 0.15) is 11.4 Å². The lowest BCUT2D eigenvalue weighted by atomic mass is 10.2. The fraction of sp³-hybridized carbons (Fsp3) is 0.238. The lowest BCUT2D eigenvalue weighted by Gasteiger charge is -2.29. The highest BCUT2D eigenvalue weighted by molar-refractivity contribution is 14.1. The standard InChI is InChI=1S/C21H21IN8O/c22-15-6-2-1-4-13(15)12-30-21-14(5-3-7-25-21)16(28-30)20-26-18(23)17(19(24)27-20)29-8-10-31-11-9-29/h1-7H,8-12H2,(H4,23,24,26,27). The molecule has 9 nitrogen and oxygen atoms in total. The number of hydrogen-bond acceptors (Lipinski definition) is 8. The molecule has 1 aliphatic rings. The fourth-order valence-corrected chi connectivity index (χ4v) is 4.34. The van der Waals surface area contributed by atoms with Gasteiger partial charge in [0.15, 0.2) is 23.1 Å². The number of morpholine rings is 1. The van der Waals surface area contributed by atoms with E-state index in [0.29, 0.717) is 61.7 Å². The average Bonchev–Trinajstić information content (AvgIpc) is 3.14. The van der Waals surface area contributed by atoms with Crippen LogP contribution in [0.4, 0.5) is 17.3 Å². The molecule has 4 aromatic rings. The molecule has 0 unspecified atom stereocenters. The minimum Gasteiger partial charge on any atom is -0.382 e. The normalized spacial score (nSPS) is 14.3. The van der Waals surface area contributed by atoms with Crippen molar-refractivity contribution in [3.8, 4) is 11.5 Å². The lowest BCUT2D eigenvalue weighted by molar-refractivity contribution is 0.123. The number of benzene rings is 1. The molecule has 4 N–H and O–H groups in total. The van der Waals surface area contributed by atoms with E-state index in [1.807, 2.05) is 28.9 Å². The van der Waals surface area contributed by atoms with Crippen LogP contribution in [0.1, 0.15) is 5.56 Å². The van der Waals surface area contributed by atoms with Crippen molar-refractivity contribution in [3.63, 3.8) is 0 Å². The van der Waals surface area contributed by atoms with E-state index in [1.165, 1.54) is 3.57 Å². The molecule has 158 valence electrons. The summed E-state index contributed by atoms with van der Waals surface area (Å²) in [5.74, 6) is 1.08. The Hall–Kier alpha value is -2.99. The number of nitrogens with zero attached hydrogens (tertiary/aromatic N) is 6. The number of anilines is 3. The molecule has 3 aromatic heterocycles. The maximum atomic E-state index is 6.32. The molecule has 1 aromatic carbocycles. The molecule has 0 radical (unpaired) electrons. The Morgan fingerprint density at radius 1 is 1.00 bits per heavy atom. The van der Waals surface area contributed by atoms with Crippen molar-refractivity contribution < 1.29 is 4.74 Å². The van der Waals surface area contributed by atoms with Gasteiger partial charge < -0.3 is 21.1 Å². The number of fused-ring (bicyclic) bond motifs is 1. The van der Waals surface area contributed by atoms with E-state index in [4.69, 9.17) is 21.3 Å². The smallest absolute Gasteiger partial charge is 0.184 e. The summed E-state index contributed by atoms with van der Waals surface area (Å²) in [6.45, 7) is 3.24. The summed E-state index contributed by atoms with van der Waals surface area (Å²) < 4.78 is 8.45. The topological polar surface area (TPSA) is 121 Å². The van der Waals surface area contributed by atoms with Gasteiger partial charge in [-0.2, -0.15) is 5.10 Å². The molecule has 1 aliphatic heterocycles. The maximum absolute atomic E-state index is 6.32. The minimum absolute atomic E-state index is 0.341. The first-order valence-electron chi connectivity index (χ1n) is 9.93. The lowest BCUT2D eigenvalue weighted by Crippen LogP contribution is -2.37. The van der Waals surface area contributed by atoms with Gasteiger partial charge in [-0.25, -0.2) is 19.6 Å². The van der Waals surface area contributed by atoms with E-state index in [0.717, 1.165) is 16.6 Å². The largest absolute Gasteiger partial charge is 0.382 e. The Bertz CT molecular complexity index is 1230. The van der Waals surface area contributed by atoms with Crippen molar-refractivity contribution >= 4 is 50.9 Å². The molecule has 0 aliphatic carbocycles. The van der Waals surface area contributed by atoms with Crippen molar-refractivity contribution in [2.75, 3.05) is 42.7 Å². The van der Waals surface area contributed by atoms with Crippen LogP contribution in [-0.2, 0) is 11.3 Å². The predicted octanol–water partition coefficient (Wildman–Crippen LogP) is 2.54. The monoisotopic (exact) mass is 528 g/mol. The average molecular weight is 528 g/mol. The Morgan fingerprint density at radius 2 is 1.74 bits per heavy atom. The van der Waals surface area contributed by atoms with E-state index in [-0.39, 0.29) is 0 Å². The number of nitrogens with two attached hydrogens (primary N) is 2. The van der Waals surface area contributed by atoms with Crippen LogP contribution >= 0.6 is 22.6 Å². The highest BCUT2D eigenvalue weighted by atomic mass is 127. The third-order valence-corrected chi connectivity index (χ3v) is 6.31. The molecular weight excluding hydrogens is 507 g/mol. The van der Waals surface area contributed by atoms with Crippen LogP contribution in [0.2, 0.25) is 0 Å². The van der Waals surface area contributed by atoms with Crippen LogP contribution in [0.25, 0.3) is 22.6 Å². The molecule has 0 amide bonds. The molecule has 0 bridgehead atoms. The van der Waals surface area contributed by atoms with Gasteiger partial charge in [0.05, 0.1) is 25.1 Å². The van der Waals surface area contributed by atoms with Gasteiger partial charge in [0, 0.05) is 22.9 Å². The second kappa shape index (κ2) is 8.27. The number of rotatable bonds is 4. The zero-order valence-electron chi connectivity index (χ0n) is 16.7. The molecule has 1 saturated heterocycles. The summed E-state index contributed by atoms with van der Waals surface area (Å²) in [6, 6.07) is 12.0. The molecular formula is C21H21IN8O. The van der Waals surface area contributed by atoms with E-state index in [1.54, 1.807) is 6.20 Å². The minimum atomic E-state index is 0.341. The molecule has 0 spiro atoms. The van der Waals surface area contributed by atoms with Gasteiger partial charge in [-0.1, -0.05) is 18.2 Å². The summed E-state index contributed by atoms with van der Waals surface area (Å²) in [7, 11) is 0. The summed E-state index contributed by atoms with van der Waals surface area (Å²) in [5.41, 5.74) is 15.8. The molecule has 0 atom stereocenters. The maximum Gasteiger partial charge on any atom is 0.184 e. The number of nitrogen functional groups attached to an aromatic ring is 2. The summed E-state index contributed by atoms with van der Waals surface area (Å²) in [4.78, 5) is 15.7. The number of ether oxygens (including phenoxy) is 1. The first kappa shape index (κ1) is 19.9. The third kappa shape index (κ3) is 3.76. The van der Waals surface area contributed by atoms with Gasteiger partial charge in [-0.05, 0) is 46.4 Å². The summed E-state index contributed by atoms with van der Waals surface area (Å²) >= 11 is 2.33. The third-order valence-electron chi connectivity index (χ3n) is 5.26. The second-order valence-electron chi connectivity index (χ2n) is 7.24. The SMILES string of the molecule is Nc1nc(-c2nn(Cc3ccccc3I)c3ncccc23)nc(N)c1N1CCOCC1. The molecule has 4 heterocycles. The quantitative estimate of drug-likeness (QED) is 0.388. The number of halogens is 1. The van der Waals surface area contributed by atoms with Gasteiger partial charge in [0.25, 0.3) is 0 Å². The zero-order chi connectivity index (χ0) is 21.4. The summed E-state index contributed by atoms with van der Waals surface area (Å²) in [5, 5.41) is 5.65. The van der Waals surface area contributed by atoms with Crippen molar-refractivity contribution in [2.45, 2.75) is 6.54 Å². The van der Waals surface area contributed by atoms with Crippen LogP contribution in [0.3, 0.4) is 0 Å². The highest BCUT2D eigenvalue weighted by Crippen LogP contribution is 2.32. The Kier molecular flexibility index (Phi) is 5.32. The number of pyridine rings is 1. The van der Waals surface area contributed by atoms with Crippen molar-refractivity contribution in [1.29, 1.82) is 0 Å². The van der Waals surface area contributed by atoms with Crippen LogP contribution in [0.15, 0.2) is 42.6 Å². The molecule has 31 heavy (non-hydrogen) atoms. The Balaban J connectivity index is 1.58. The van der Waals surface area contributed by atoms with Crippen LogP contribution < -0.4 is 16.4 Å². The van der Waals surface area contributed by atoms with Gasteiger partial charge >= 0.3 is 0 Å². The summed E-state index contributed by atoms with van der Waals surface area (Å²) in [6.07, 6.45) is 1.76. The van der Waals surface area contributed by atoms with Crippen LogP contribution in [0, 0.1) is 3.57 Å². The molecule has 10 heteroatoms. The molecule has 1 fully saturated rings. The van der Waals surface area contributed by atoms with Crippen molar-refractivity contribution in [1.82, 2.24) is 24.7 Å². The fourth-order valence-electron chi connectivity index (χ4n) is 3.78. The van der Waals surface area contributed by atoms with Gasteiger partial charge in [0.2, 0.25) is 0 Å². The van der Waals surface area contributed by atoms with Gasteiger partial charge in [-0.3, -0.25) is 0 Å². The van der Waals surface area contributed by atoms with E-state index in [9.17, 15) is 0 Å². The first-order valence-corrected chi connectivity index (χ1v) is 11.0. The van der Waals surface area contributed by atoms with Crippen LogP contribution in [0.5, 0.6) is 0 Å². The second-order valence-corrected chi connectivity index (χ2v) is 8.40. The molecule has 0 saturated carbocycles. The highest BCUT2D eigenvalue weighted by Gasteiger charge is 2.22. The zero-order valence-corrected chi connectivity index (χ0v) is 18.9. The van der Waals surface area contributed by atoms with E-state index >= 15 is 0 Å². The van der Waals surface area contributed by atoms with Crippen molar-refractivity contribution in [2.24, 2.45) is 0 Å². The Morgan fingerprint density at radius 3 is 2.48 bits per heavy atom. The van der Waals surface area contributed by atoms with Crippen molar-refractivity contribution in [3.05, 3.63) is 51.7 Å². The van der Waals surface area contributed by atoms with E-state index in [2.05, 4.69) is 54.6 Å². The Labute approximate surface area is 192 Å².